The summed E-state index contributed by atoms with van der Waals surface area (Å²) in [6.45, 7) is 0. The molecule has 0 unspecified atom stereocenters. The standard InChI is InChI=1S/C36H20N6S/c1-2-7-22(8-3-1)32-35-33(24-10-4-5-12-30(24)43-35)40-36(39-32)42-28-11-6-9-21-13-14-23-25-19-37-17-15-26(25)41(34(23)31(21)28)27-16-18-38-20-29(27)42/h1-20H. The van der Waals surface area contributed by atoms with Gasteiger partial charge >= 0.3 is 0 Å². The molecule has 10 aromatic rings. The molecule has 0 fully saturated rings. The lowest BCUT2D eigenvalue weighted by Crippen LogP contribution is -2.05. The molecule has 4 aromatic carbocycles. The number of pyridine rings is 2. The van der Waals surface area contributed by atoms with Crippen molar-refractivity contribution in [3.05, 3.63) is 122 Å². The van der Waals surface area contributed by atoms with E-state index in [9.17, 15) is 0 Å². The van der Waals surface area contributed by atoms with Gasteiger partial charge < -0.3 is 4.40 Å². The van der Waals surface area contributed by atoms with Gasteiger partial charge in [-0.05, 0) is 29.7 Å². The van der Waals surface area contributed by atoms with Crippen molar-refractivity contribution in [3.63, 3.8) is 0 Å². The predicted molar refractivity (Wildman–Crippen MR) is 176 cm³/mol. The van der Waals surface area contributed by atoms with Crippen LogP contribution in [-0.4, -0.2) is 28.9 Å². The minimum absolute atomic E-state index is 0.616. The Morgan fingerprint density at radius 2 is 1.42 bits per heavy atom. The molecule has 0 saturated carbocycles. The monoisotopic (exact) mass is 568 g/mol. The molecule has 6 nitrogen and oxygen atoms in total. The Hall–Kier alpha value is -5.66. The Balaban J connectivity index is 1.48. The number of thiophene rings is 1. The van der Waals surface area contributed by atoms with E-state index in [1.807, 2.05) is 30.9 Å². The van der Waals surface area contributed by atoms with Crippen molar-refractivity contribution in [1.82, 2.24) is 28.9 Å². The van der Waals surface area contributed by atoms with Crippen molar-refractivity contribution < 1.29 is 0 Å². The van der Waals surface area contributed by atoms with Gasteiger partial charge in [0.1, 0.15) is 0 Å². The highest BCUT2D eigenvalue weighted by molar-refractivity contribution is 7.26. The van der Waals surface area contributed by atoms with Crippen LogP contribution in [0.25, 0.3) is 86.6 Å². The van der Waals surface area contributed by atoms with Crippen LogP contribution < -0.4 is 0 Å². The molecular formula is C36H20N6S. The third-order valence-electron chi connectivity index (χ3n) is 8.50. The van der Waals surface area contributed by atoms with Gasteiger partial charge in [0.2, 0.25) is 5.95 Å². The zero-order valence-corrected chi connectivity index (χ0v) is 23.5. The molecule has 0 aliphatic carbocycles. The fourth-order valence-electron chi connectivity index (χ4n) is 6.69. The highest BCUT2D eigenvalue weighted by atomic mass is 32.1. The molecule has 0 atom stereocenters. The molecular weight excluding hydrogens is 549 g/mol. The van der Waals surface area contributed by atoms with Crippen molar-refractivity contribution >= 4 is 80.8 Å². The van der Waals surface area contributed by atoms with Gasteiger partial charge in [0.25, 0.3) is 0 Å². The van der Waals surface area contributed by atoms with Gasteiger partial charge in [-0.25, -0.2) is 9.97 Å². The van der Waals surface area contributed by atoms with E-state index >= 15 is 0 Å². The lowest BCUT2D eigenvalue weighted by Gasteiger charge is -2.13. The van der Waals surface area contributed by atoms with Crippen LogP contribution in [-0.2, 0) is 0 Å². The van der Waals surface area contributed by atoms with Crippen LogP contribution >= 0.6 is 11.3 Å². The van der Waals surface area contributed by atoms with Gasteiger partial charge in [-0.15, -0.1) is 11.3 Å². The first-order chi connectivity index (χ1) is 21.3. The number of rotatable bonds is 2. The maximum atomic E-state index is 5.37. The number of nitrogens with zero attached hydrogens (tertiary/aromatic N) is 6. The number of hydrogen-bond donors (Lipinski definition) is 0. The Kier molecular flexibility index (Phi) is 4.51. The Labute approximate surface area is 248 Å². The van der Waals surface area contributed by atoms with Crippen LogP contribution in [0.1, 0.15) is 0 Å². The Bertz CT molecular complexity index is 2720. The summed E-state index contributed by atoms with van der Waals surface area (Å²) in [6, 6.07) is 34.0. The van der Waals surface area contributed by atoms with E-state index < -0.39 is 0 Å². The van der Waals surface area contributed by atoms with Crippen molar-refractivity contribution in [2.75, 3.05) is 0 Å². The first-order valence-corrected chi connectivity index (χ1v) is 15.0. The average molecular weight is 569 g/mol. The van der Waals surface area contributed by atoms with Crippen LogP contribution in [0.4, 0.5) is 0 Å². The molecule has 10 rings (SSSR count). The second-order valence-corrected chi connectivity index (χ2v) is 11.8. The van der Waals surface area contributed by atoms with Crippen molar-refractivity contribution in [2.45, 2.75) is 0 Å². The number of fused-ring (bicyclic) bond motifs is 8. The summed E-state index contributed by atoms with van der Waals surface area (Å²) in [5.74, 6) is 0.616. The number of benzene rings is 4. The summed E-state index contributed by atoms with van der Waals surface area (Å²) in [5.41, 5.74) is 8.16. The van der Waals surface area contributed by atoms with Crippen LogP contribution in [0, 0.1) is 0 Å². The molecule has 7 heteroatoms. The average Bonchev–Trinajstić information content (AvgIpc) is 3.57. The third-order valence-corrected chi connectivity index (χ3v) is 9.67. The summed E-state index contributed by atoms with van der Waals surface area (Å²) in [7, 11) is 0. The SMILES string of the molecule is c1ccc(-c2nc(-n3c4cccc5ccc6c7cnccc7n(c7ccncc73)c6c54)nc3c2sc2ccccc23)cc1. The van der Waals surface area contributed by atoms with E-state index in [0.29, 0.717) is 5.95 Å². The smallest absolute Gasteiger partial charge is 0.235 e. The molecule has 0 amide bonds. The van der Waals surface area contributed by atoms with E-state index in [1.165, 1.54) is 4.70 Å². The van der Waals surface area contributed by atoms with Gasteiger partial charge in [-0.1, -0.05) is 72.8 Å². The van der Waals surface area contributed by atoms with Gasteiger partial charge in [0.15, 0.2) is 0 Å². The number of hydrogen-bond acceptors (Lipinski definition) is 5. The van der Waals surface area contributed by atoms with Crippen molar-refractivity contribution in [3.8, 4) is 17.2 Å². The Morgan fingerprint density at radius 1 is 0.581 bits per heavy atom. The highest BCUT2D eigenvalue weighted by Crippen LogP contribution is 2.41. The quantitative estimate of drug-likeness (QED) is 0.209. The first kappa shape index (κ1) is 23.0. The van der Waals surface area contributed by atoms with E-state index in [0.717, 1.165) is 76.0 Å². The fourth-order valence-corrected chi connectivity index (χ4v) is 7.85. The molecule has 6 heterocycles. The largest absolute Gasteiger partial charge is 0.306 e. The first-order valence-electron chi connectivity index (χ1n) is 14.1. The molecule has 200 valence electrons. The minimum Gasteiger partial charge on any atom is -0.306 e. The van der Waals surface area contributed by atoms with E-state index in [-0.39, 0.29) is 0 Å². The third kappa shape index (κ3) is 3.06. The molecule has 0 aliphatic heterocycles. The summed E-state index contributed by atoms with van der Waals surface area (Å²) in [6.07, 6.45) is 7.62. The zero-order chi connectivity index (χ0) is 28.1. The molecule has 0 bridgehead atoms. The highest BCUT2D eigenvalue weighted by Gasteiger charge is 2.22. The second-order valence-electron chi connectivity index (χ2n) is 10.8. The summed E-state index contributed by atoms with van der Waals surface area (Å²) in [4.78, 5) is 19.8. The Morgan fingerprint density at radius 3 is 2.35 bits per heavy atom. The van der Waals surface area contributed by atoms with E-state index in [4.69, 9.17) is 9.97 Å². The van der Waals surface area contributed by atoms with Gasteiger partial charge in [0, 0.05) is 50.4 Å². The summed E-state index contributed by atoms with van der Waals surface area (Å²) >= 11 is 1.74. The second kappa shape index (κ2) is 8.44. The molecule has 0 radical (unpaired) electrons. The lowest BCUT2D eigenvalue weighted by molar-refractivity contribution is 1.01. The number of aromatic nitrogens is 6. The normalized spacial score (nSPS) is 12.2. The molecule has 6 aromatic heterocycles. The molecule has 0 aliphatic rings. The van der Waals surface area contributed by atoms with E-state index in [1.54, 1.807) is 11.3 Å². The van der Waals surface area contributed by atoms with Crippen LogP contribution in [0.2, 0.25) is 0 Å². The molecule has 0 saturated heterocycles. The molecule has 0 spiro atoms. The van der Waals surface area contributed by atoms with Crippen LogP contribution in [0.15, 0.2) is 122 Å². The fraction of sp³-hybridized carbons (Fsp3) is 0. The predicted octanol–water partition coefficient (Wildman–Crippen LogP) is 8.96. The van der Waals surface area contributed by atoms with E-state index in [2.05, 4.69) is 110 Å². The minimum atomic E-state index is 0.616. The molecule has 43 heavy (non-hydrogen) atoms. The van der Waals surface area contributed by atoms with Crippen molar-refractivity contribution in [2.24, 2.45) is 0 Å². The summed E-state index contributed by atoms with van der Waals surface area (Å²) < 4.78 is 6.83. The topological polar surface area (TPSA) is 60.9 Å². The lowest BCUT2D eigenvalue weighted by atomic mass is 10.1. The van der Waals surface area contributed by atoms with Gasteiger partial charge in [-0.3, -0.25) is 14.5 Å². The van der Waals surface area contributed by atoms with Crippen molar-refractivity contribution in [1.29, 1.82) is 0 Å². The van der Waals surface area contributed by atoms with Gasteiger partial charge in [0.05, 0.1) is 49.7 Å². The van der Waals surface area contributed by atoms with Gasteiger partial charge in [-0.2, -0.15) is 0 Å². The van der Waals surface area contributed by atoms with Crippen LogP contribution in [0.3, 0.4) is 0 Å². The summed E-state index contributed by atoms with van der Waals surface area (Å²) in [5, 5.41) is 5.72. The van der Waals surface area contributed by atoms with Crippen LogP contribution in [0.5, 0.6) is 0 Å². The maximum absolute atomic E-state index is 5.37. The zero-order valence-electron chi connectivity index (χ0n) is 22.6. The molecule has 0 N–H and O–H groups in total. The maximum Gasteiger partial charge on any atom is 0.235 e.